The SMILES string of the molecule is CN(Cc1ccc(Br)cc1)CC1CC1. The molecule has 2 heteroatoms. The third-order valence-electron chi connectivity index (χ3n) is 2.63. The fourth-order valence-electron chi connectivity index (χ4n) is 1.71. The summed E-state index contributed by atoms with van der Waals surface area (Å²) < 4.78 is 1.16. The van der Waals surface area contributed by atoms with Crippen molar-refractivity contribution in [2.24, 2.45) is 5.92 Å². The van der Waals surface area contributed by atoms with Gasteiger partial charge in [-0.15, -0.1) is 0 Å². The second-order valence-electron chi connectivity index (χ2n) is 4.27. The zero-order chi connectivity index (χ0) is 9.97. The lowest BCUT2D eigenvalue weighted by atomic mass is 10.2. The van der Waals surface area contributed by atoms with Gasteiger partial charge in [-0.05, 0) is 43.5 Å². The first-order valence-electron chi connectivity index (χ1n) is 5.17. The predicted octanol–water partition coefficient (Wildman–Crippen LogP) is 3.29. The van der Waals surface area contributed by atoms with Crippen molar-refractivity contribution in [3.05, 3.63) is 34.3 Å². The van der Waals surface area contributed by atoms with Crippen molar-refractivity contribution >= 4 is 15.9 Å². The van der Waals surface area contributed by atoms with Crippen molar-refractivity contribution in [1.29, 1.82) is 0 Å². The van der Waals surface area contributed by atoms with Gasteiger partial charge < -0.3 is 4.90 Å². The Hall–Kier alpha value is -0.340. The highest BCUT2D eigenvalue weighted by Crippen LogP contribution is 2.29. The van der Waals surface area contributed by atoms with E-state index < -0.39 is 0 Å². The van der Waals surface area contributed by atoms with Crippen molar-refractivity contribution in [3.8, 4) is 0 Å². The molecule has 0 N–H and O–H groups in total. The second kappa shape index (κ2) is 4.45. The van der Waals surface area contributed by atoms with Crippen molar-refractivity contribution in [2.45, 2.75) is 19.4 Å². The normalized spacial score (nSPS) is 16.2. The lowest BCUT2D eigenvalue weighted by Gasteiger charge is -2.15. The molecule has 1 fully saturated rings. The summed E-state index contributed by atoms with van der Waals surface area (Å²) in [6.07, 6.45) is 2.87. The van der Waals surface area contributed by atoms with Crippen LogP contribution in [0.5, 0.6) is 0 Å². The average Bonchev–Trinajstić information content (AvgIpc) is 2.93. The highest BCUT2D eigenvalue weighted by atomic mass is 79.9. The Labute approximate surface area is 94.2 Å². The zero-order valence-corrected chi connectivity index (χ0v) is 10.1. The Bertz CT molecular complexity index is 290. The molecule has 0 spiro atoms. The number of benzene rings is 1. The number of nitrogens with zero attached hydrogens (tertiary/aromatic N) is 1. The van der Waals surface area contributed by atoms with E-state index in [9.17, 15) is 0 Å². The van der Waals surface area contributed by atoms with Gasteiger partial charge in [0.25, 0.3) is 0 Å². The minimum atomic E-state index is 0.982. The van der Waals surface area contributed by atoms with E-state index in [1.54, 1.807) is 0 Å². The van der Waals surface area contributed by atoms with Gasteiger partial charge in [0.2, 0.25) is 0 Å². The Kier molecular flexibility index (Phi) is 3.24. The van der Waals surface area contributed by atoms with Crippen molar-refractivity contribution in [2.75, 3.05) is 13.6 Å². The van der Waals surface area contributed by atoms with Gasteiger partial charge in [-0.25, -0.2) is 0 Å². The number of hydrogen-bond donors (Lipinski definition) is 0. The molecule has 0 bridgehead atoms. The van der Waals surface area contributed by atoms with E-state index in [-0.39, 0.29) is 0 Å². The van der Waals surface area contributed by atoms with E-state index in [1.165, 1.54) is 24.9 Å². The van der Waals surface area contributed by atoms with E-state index in [0.29, 0.717) is 0 Å². The summed E-state index contributed by atoms with van der Waals surface area (Å²) in [5.41, 5.74) is 1.40. The van der Waals surface area contributed by atoms with Crippen LogP contribution >= 0.6 is 15.9 Å². The van der Waals surface area contributed by atoms with Crippen LogP contribution in [0.15, 0.2) is 28.7 Å². The third-order valence-corrected chi connectivity index (χ3v) is 3.16. The van der Waals surface area contributed by atoms with Gasteiger partial charge in [0.15, 0.2) is 0 Å². The summed E-state index contributed by atoms with van der Waals surface area (Å²) in [5.74, 6) is 0.982. The molecule has 0 unspecified atom stereocenters. The smallest absolute Gasteiger partial charge is 0.0230 e. The lowest BCUT2D eigenvalue weighted by Crippen LogP contribution is -2.20. The van der Waals surface area contributed by atoms with Gasteiger partial charge in [-0.3, -0.25) is 0 Å². The first-order valence-corrected chi connectivity index (χ1v) is 5.96. The van der Waals surface area contributed by atoms with Crippen LogP contribution in [0.4, 0.5) is 0 Å². The molecule has 0 aliphatic heterocycles. The molecule has 0 atom stereocenters. The quantitative estimate of drug-likeness (QED) is 0.796. The van der Waals surface area contributed by atoms with E-state index in [0.717, 1.165) is 16.9 Å². The Balaban J connectivity index is 1.85. The molecule has 0 aromatic heterocycles. The summed E-state index contributed by atoms with van der Waals surface area (Å²) in [6.45, 7) is 2.33. The van der Waals surface area contributed by atoms with Crippen molar-refractivity contribution in [3.63, 3.8) is 0 Å². The average molecular weight is 254 g/mol. The lowest BCUT2D eigenvalue weighted by molar-refractivity contribution is 0.313. The predicted molar refractivity (Wildman–Crippen MR) is 63.2 cm³/mol. The fraction of sp³-hybridized carbons (Fsp3) is 0.500. The highest BCUT2D eigenvalue weighted by molar-refractivity contribution is 9.10. The second-order valence-corrected chi connectivity index (χ2v) is 5.18. The van der Waals surface area contributed by atoms with Crippen LogP contribution in [0.2, 0.25) is 0 Å². The highest BCUT2D eigenvalue weighted by Gasteiger charge is 2.22. The number of hydrogen-bond acceptors (Lipinski definition) is 1. The number of rotatable bonds is 4. The van der Waals surface area contributed by atoms with Gasteiger partial charge in [-0.2, -0.15) is 0 Å². The molecule has 1 aromatic rings. The first kappa shape index (κ1) is 10.2. The summed E-state index contributed by atoms with van der Waals surface area (Å²) in [6, 6.07) is 8.60. The van der Waals surface area contributed by atoms with Crippen LogP contribution in [0.3, 0.4) is 0 Å². The molecule has 1 aliphatic rings. The van der Waals surface area contributed by atoms with E-state index in [1.807, 2.05) is 0 Å². The van der Waals surface area contributed by atoms with Crippen LogP contribution in [-0.2, 0) is 6.54 Å². The molecule has 1 saturated carbocycles. The van der Waals surface area contributed by atoms with Gasteiger partial charge >= 0.3 is 0 Å². The molecular weight excluding hydrogens is 238 g/mol. The maximum absolute atomic E-state index is 3.45. The molecule has 2 rings (SSSR count). The van der Waals surface area contributed by atoms with Gasteiger partial charge in [0.05, 0.1) is 0 Å². The number of halogens is 1. The van der Waals surface area contributed by atoms with Crippen LogP contribution in [0.25, 0.3) is 0 Å². The standard InChI is InChI=1S/C12H16BrN/c1-14(8-10-2-3-10)9-11-4-6-12(13)7-5-11/h4-7,10H,2-3,8-9H2,1H3. The van der Waals surface area contributed by atoms with Crippen LogP contribution < -0.4 is 0 Å². The molecule has 0 amide bonds. The fourth-order valence-corrected chi connectivity index (χ4v) is 1.97. The van der Waals surface area contributed by atoms with Gasteiger partial charge in [-0.1, -0.05) is 28.1 Å². The van der Waals surface area contributed by atoms with Crippen molar-refractivity contribution < 1.29 is 0 Å². The molecule has 1 nitrogen and oxygen atoms in total. The van der Waals surface area contributed by atoms with Crippen LogP contribution in [0.1, 0.15) is 18.4 Å². The monoisotopic (exact) mass is 253 g/mol. The van der Waals surface area contributed by atoms with Crippen LogP contribution in [-0.4, -0.2) is 18.5 Å². The molecule has 76 valence electrons. The maximum Gasteiger partial charge on any atom is 0.0230 e. The summed E-state index contributed by atoms with van der Waals surface area (Å²) in [7, 11) is 2.21. The van der Waals surface area contributed by atoms with E-state index in [2.05, 4.69) is 52.1 Å². The summed E-state index contributed by atoms with van der Waals surface area (Å²) in [5, 5.41) is 0. The van der Waals surface area contributed by atoms with Gasteiger partial charge in [0.1, 0.15) is 0 Å². The zero-order valence-electron chi connectivity index (χ0n) is 8.54. The molecule has 0 radical (unpaired) electrons. The minimum Gasteiger partial charge on any atom is -0.302 e. The van der Waals surface area contributed by atoms with Crippen LogP contribution in [0, 0.1) is 5.92 Å². The minimum absolute atomic E-state index is 0.982. The summed E-state index contributed by atoms with van der Waals surface area (Å²) in [4.78, 5) is 2.42. The summed E-state index contributed by atoms with van der Waals surface area (Å²) >= 11 is 3.45. The third kappa shape index (κ3) is 3.10. The van der Waals surface area contributed by atoms with E-state index in [4.69, 9.17) is 0 Å². The molecule has 1 aromatic carbocycles. The van der Waals surface area contributed by atoms with Crippen molar-refractivity contribution in [1.82, 2.24) is 4.90 Å². The molecule has 1 aliphatic carbocycles. The Morgan fingerprint density at radius 3 is 2.50 bits per heavy atom. The maximum atomic E-state index is 3.45. The Morgan fingerprint density at radius 1 is 1.29 bits per heavy atom. The molecular formula is C12H16BrN. The molecule has 0 saturated heterocycles. The largest absolute Gasteiger partial charge is 0.302 e. The molecule has 14 heavy (non-hydrogen) atoms. The topological polar surface area (TPSA) is 3.24 Å². The van der Waals surface area contributed by atoms with Gasteiger partial charge in [0, 0.05) is 17.6 Å². The molecule has 0 heterocycles. The first-order chi connectivity index (χ1) is 6.74. The van der Waals surface area contributed by atoms with E-state index >= 15 is 0 Å². The Morgan fingerprint density at radius 2 is 1.93 bits per heavy atom.